The Balaban J connectivity index is 3.01. The number of rotatable bonds is 5. The number of methoxy groups -OCH3 is 1. The highest BCUT2D eigenvalue weighted by Crippen LogP contribution is 2.26. The number of carbonyl (C=O) groups excluding carboxylic acids is 1. The Bertz CT molecular complexity index is 456. The number of hydrogen-bond donors (Lipinski definition) is 2. The Morgan fingerprint density at radius 1 is 1.44 bits per heavy atom. The summed E-state index contributed by atoms with van der Waals surface area (Å²) in [5, 5.41) is 11.6. The Labute approximate surface area is 106 Å². The van der Waals surface area contributed by atoms with E-state index in [0.717, 1.165) is 0 Å². The van der Waals surface area contributed by atoms with Crippen LogP contribution in [0.2, 0.25) is 0 Å². The molecule has 1 aromatic carbocycles. The van der Waals surface area contributed by atoms with Crippen molar-refractivity contribution >= 4 is 17.6 Å². The van der Waals surface area contributed by atoms with Gasteiger partial charge in [0.1, 0.15) is 5.75 Å². The van der Waals surface area contributed by atoms with Crippen LogP contribution in [0.4, 0.5) is 5.69 Å². The van der Waals surface area contributed by atoms with Gasteiger partial charge in [-0.15, -0.1) is 0 Å². The lowest BCUT2D eigenvalue weighted by atomic mass is 10.1. The van der Waals surface area contributed by atoms with Gasteiger partial charge in [0.05, 0.1) is 18.4 Å². The van der Waals surface area contributed by atoms with Crippen LogP contribution in [0.3, 0.4) is 0 Å². The van der Waals surface area contributed by atoms with Gasteiger partial charge in [0, 0.05) is 5.92 Å². The molecule has 0 saturated carbocycles. The zero-order chi connectivity index (χ0) is 13.7. The van der Waals surface area contributed by atoms with E-state index in [1.807, 2.05) is 13.8 Å². The number of aromatic carboxylic acids is 1. The van der Waals surface area contributed by atoms with Crippen LogP contribution >= 0.6 is 0 Å². The van der Waals surface area contributed by atoms with Crippen molar-refractivity contribution in [1.82, 2.24) is 0 Å². The fraction of sp³-hybridized carbons (Fsp3) is 0.385. The van der Waals surface area contributed by atoms with Gasteiger partial charge in [-0.1, -0.05) is 13.8 Å². The van der Waals surface area contributed by atoms with Crippen molar-refractivity contribution in [3.8, 4) is 5.75 Å². The van der Waals surface area contributed by atoms with E-state index in [2.05, 4.69) is 5.32 Å². The fourth-order valence-corrected chi connectivity index (χ4v) is 1.38. The van der Waals surface area contributed by atoms with Crippen LogP contribution < -0.4 is 10.1 Å². The number of nitrogens with one attached hydrogen (secondary N) is 1. The quantitative estimate of drug-likeness (QED) is 0.842. The molecule has 0 radical (unpaired) electrons. The highest BCUT2D eigenvalue weighted by molar-refractivity contribution is 5.96. The summed E-state index contributed by atoms with van der Waals surface area (Å²) in [5.41, 5.74) is 0.484. The van der Waals surface area contributed by atoms with E-state index in [9.17, 15) is 9.59 Å². The summed E-state index contributed by atoms with van der Waals surface area (Å²) >= 11 is 0. The van der Waals surface area contributed by atoms with E-state index in [4.69, 9.17) is 9.84 Å². The first kappa shape index (κ1) is 14.0. The molecule has 1 atom stereocenters. The molecule has 1 aromatic rings. The first-order valence-corrected chi connectivity index (χ1v) is 5.71. The largest absolute Gasteiger partial charge is 0.495 e. The fourth-order valence-electron chi connectivity index (χ4n) is 1.38. The molecule has 0 saturated heterocycles. The summed E-state index contributed by atoms with van der Waals surface area (Å²) < 4.78 is 5.09. The van der Waals surface area contributed by atoms with E-state index in [1.54, 1.807) is 0 Å². The minimum atomic E-state index is -1.04. The van der Waals surface area contributed by atoms with Gasteiger partial charge in [0.15, 0.2) is 0 Å². The van der Waals surface area contributed by atoms with Crippen LogP contribution in [-0.4, -0.2) is 24.1 Å². The number of anilines is 1. The summed E-state index contributed by atoms with van der Waals surface area (Å²) in [6.45, 7) is 3.72. The molecule has 98 valence electrons. The molecule has 5 nitrogen and oxygen atoms in total. The molecule has 0 bridgehead atoms. The van der Waals surface area contributed by atoms with E-state index in [0.29, 0.717) is 17.9 Å². The number of carbonyl (C=O) groups is 2. The second-order valence-corrected chi connectivity index (χ2v) is 4.02. The molecule has 2 N–H and O–H groups in total. The molecule has 0 aliphatic carbocycles. The molecule has 18 heavy (non-hydrogen) atoms. The smallest absolute Gasteiger partial charge is 0.335 e. The second kappa shape index (κ2) is 6.05. The Morgan fingerprint density at radius 3 is 2.61 bits per heavy atom. The average Bonchev–Trinajstić information content (AvgIpc) is 2.37. The number of carboxylic acid groups (broad SMARTS) is 1. The zero-order valence-electron chi connectivity index (χ0n) is 10.7. The molecule has 1 amide bonds. The third-order valence-corrected chi connectivity index (χ3v) is 2.76. The summed E-state index contributed by atoms with van der Waals surface area (Å²) in [5.74, 6) is -0.894. The molecule has 1 unspecified atom stereocenters. The van der Waals surface area contributed by atoms with Crippen molar-refractivity contribution in [3.63, 3.8) is 0 Å². The second-order valence-electron chi connectivity index (χ2n) is 4.02. The first-order chi connectivity index (χ1) is 8.49. The van der Waals surface area contributed by atoms with Gasteiger partial charge < -0.3 is 15.2 Å². The lowest BCUT2D eigenvalue weighted by Gasteiger charge is -2.13. The van der Waals surface area contributed by atoms with Crippen LogP contribution in [-0.2, 0) is 4.79 Å². The predicted molar refractivity (Wildman–Crippen MR) is 68.0 cm³/mol. The van der Waals surface area contributed by atoms with Crippen LogP contribution in [0.1, 0.15) is 30.6 Å². The maximum absolute atomic E-state index is 11.8. The normalized spacial score (nSPS) is 11.7. The lowest BCUT2D eigenvalue weighted by Crippen LogP contribution is -2.20. The van der Waals surface area contributed by atoms with Gasteiger partial charge in [-0.05, 0) is 24.6 Å². The minimum absolute atomic E-state index is 0.107. The zero-order valence-corrected chi connectivity index (χ0v) is 10.7. The third-order valence-electron chi connectivity index (χ3n) is 2.76. The maximum atomic E-state index is 11.8. The van der Waals surface area contributed by atoms with Crippen molar-refractivity contribution < 1.29 is 19.4 Å². The van der Waals surface area contributed by atoms with Crippen LogP contribution in [0.15, 0.2) is 18.2 Å². The van der Waals surface area contributed by atoms with Crippen molar-refractivity contribution in [1.29, 1.82) is 0 Å². The molecular formula is C13H17NO4. The lowest BCUT2D eigenvalue weighted by molar-refractivity contribution is -0.119. The Morgan fingerprint density at radius 2 is 2.11 bits per heavy atom. The molecule has 0 fully saturated rings. The van der Waals surface area contributed by atoms with E-state index < -0.39 is 5.97 Å². The summed E-state index contributed by atoms with van der Waals surface area (Å²) in [6, 6.07) is 4.34. The minimum Gasteiger partial charge on any atom is -0.495 e. The van der Waals surface area contributed by atoms with Gasteiger partial charge in [0.25, 0.3) is 0 Å². The Hall–Kier alpha value is -2.04. The summed E-state index contributed by atoms with van der Waals surface area (Å²) in [6.07, 6.45) is 0.715. The average molecular weight is 251 g/mol. The summed E-state index contributed by atoms with van der Waals surface area (Å²) in [4.78, 5) is 22.7. The molecule has 0 aliphatic heterocycles. The van der Waals surface area contributed by atoms with Crippen LogP contribution in [0, 0.1) is 5.92 Å². The van der Waals surface area contributed by atoms with Crippen LogP contribution in [0.25, 0.3) is 0 Å². The van der Waals surface area contributed by atoms with Gasteiger partial charge in [0.2, 0.25) is 5.91 Å². The number of carboxylic acids is 1. The number of benzene rings is 1. The number of hydrogen-bond acceptors (Lipinski definition) is 3. The van der Waals surface area contributed by atoms with Crippen LogP contribution in [0.5, 0.6) is 5.75 Å². The number of ether oxygens (including phenoxy) is 1. The number of amides is 1. The SMILES string of the molecule is CCC(C)C(=O)Nc1cc(C(=O)O)ccc1OC. The molecule has 0 spiro atoms. The molecule has 1 rings (SSSR count). The van der Waals surface area contributed by atoms with Crippen molar-refractivity contribution in [3.05, 3.63) is 23.8 Å². The van der Waals surface area contributed by atoms with Crippen molar-refractivity contribution in [2.75, 3.05) is 12.4 Å². The molecule has 0 aliphatic rings. The highest BCUT2D eigenvalue weighted by atomic mass is 16.5. The first-order valence-electron chi connectivity index (χ1n) is 5.71. The van der Waals surface area contributed by atoms with Gasteiger partial charge in [-0.25, -0.2) is 4.79 Å². The molecule has 0 heterocycles. The van der Waals surface area contributed by atoms with Gasteiger partial charge in [-0.3, -0.25) is 4.79 Å². The van der Waals surface area contributed by atoms with Crippen molar-refractivity contribution in [2.24, 2.45) is 5.92 Å². The predicted octanol–water partition coefficient (Wildman–Crippen LogP) is 2.38. The van der Waals surface area contributed by atoms with E-state index in [-0.39, 0.29) is 17.4 Å². The molecule has 5 heteroatoms. The monoisotopic (exact) mass is 251 g/mol. The summed E-state index contributed by atoms with van der Waals surface area (Å²) in [7, 11) is 1.47. The van der Waals surface area contributed by atoms with Gasteiger partial charge in [-0.2, -0.15) is 0 Å². The van der Waals surface area contributed by atoms with Gasteiger partial charge >= 0.3 is 5.97 Å². The topological polar surface area (TPSA) is 75.6 Å². The highest BCUT2D eigenvalue weighted by Gasteiger charge is 2.15. The third kappa shape index (κ3) is 3.23. The molecular weight excluding hydrogens is 234 g/mol. The molecule has 0 aromatic heterocycles. The van der Waals surface area contributed by atoms with E-state index >= 15 is 0 Å². The standard InChI is InChI=1S/C13H17NO4/c1-4-8(2)12(15)14-10-7-9(13(16)17)5-6-11(10)18-3/h5-8H,4H2,1-3H3,(H,14,15)(H,16,17). The maximum Gasteiger partial charge on any atom is 0.335 e. The van der Waals surface area contributed by atoms with Crippen molar-refractivity contribution in [2.45, 2.75) is 20.3 Å². The Kier molecular flexibility index (Phi) is 4.71. The van der Waals surface area contributed by atoms with E-state index in [1.165, 1.54) is 25.3 Å².